The van der Waals surface area contributed by atoms with Crippen molar-refractivity contribution in [2.24, 2.45) is 11.5 Å². The van der Waals surface area contributed by atoms with Gasteiger partial charge < -0.3 is 21.7 Å². The van der Waals surface area contributed by atoms with E-state index >= 15 is 0 Å². The van der Waals surface area contributed by atoms with Crippen molar-refractivity contribution >= 4 is 11.8 Å². The maximum absolute atomic E-state index is 10.9. The molecule has 15 heavy (non-hydrogen) atoms. The highest BCUT2D eigenvalue weighted by Crippen LogP contribution is 2.22. The van der Waals surface area contributed by atoms with Gasteiger partial charge in [-0.25, -0.2) is 0 Å². The lowest BCUT2D eigenvalue weighted by Gasteiger charge is -2.08. The van der Waals surface area contributed by atoms with E-state index in [4.69, 9.17) is 16.2 Å². The van der Waals surface area contributed by atoms with E-state index < -0.39 is 11.8 Å². The summed E-state index contributed by atoms with van der Waals surface area (Å²) in [6, 6.07) is 4.45. The molecule has 6 nitrogen and oxygen atoms in total. The molecule has 0 aliphatic rings. The third-order valence-electron chi connectivity index (χ3n) is 1.75. The Labute approximate surface area is 86.1 Å². The van der Waals surface area contributed by atoms with E-state index in [2.05, 4.69) is 0 Å². The molecule has 82 valence electrons. The first-order chi connectivity index (χ1) is 6.57. The smallest absolute Gasteiger partial charge is 0.252 e. The summed E-state index contributed by atoms with van der Waals surface area (Å²) in [5.74, 6) is -1.21. The van der Waals surface area contributed by atoms with Crippen LogP contribution >= 0.6 is 0 Å². The van der Waals surface area contributed by atoms with Crippen LogP contribution < -0.4 is 16.2 Å². The first kappa shape index (κ1) is 12.9. The standard InChI is InChI=1S/C9H10N2O3.H2O/c1-14-7-5(8(10)12)3-2-4-6(7)9(11)13;/h2-4H,1H3,(H2,10,12)(H2,11,13);1H2. The molecule has 0 aliphatic carbocycles. The molecule has 6 N–H and O–H groups in total. The number of amides is 2. The van der Waals surface area contributed by atoms with Gasteiger partial charge in [-0.2, -0.15) is 0 Å². The van der Waals surface area contributed by atoms with E-state index in [-0.39, 0.29) is 22.4 Å². The van der Waals surface area contributed by atoms with Gasteiger partial charge in [0.15, 0.2) is 0 Å². The highest BCUT2D eigenvalue weighted by molar-refractivity contribution is 6.02. The Bertz CT molecular complexity index is 357. The number of carbonyl (C=O) groups is 2. The summed E-state index contributed by atoms with van der Waals surface area (Å²) >= 11 is 0. The number of para-hydroxylation sites is 1. The van der Waals surface area contributed by atoms with Gasteiger partial charge in [0.05, 0.1) is 18.2 Å². The molecule has 0 bridgehead atoms. The van der Waals surface area contributed by atoms with E-state index in [9.17, 15) is 9.59 Å². The third kappa shape index (κ3) is 2.44. The molecule has 0 fully saturated rings. The van der Waals surface area contributed by atoms with Gasteiger partial charge in [0.2, 0.25) is 0 Å². The van der Waals surface area contributed by atoms with Crippen molar-refractivity contribution in [3.8, 4) is 5.75 Å². The summed E-state index contributed by atoms with van der Waals surface area (Å²) in [7, 11) is 1.34. The minimum absolute atomic E-state index is 0. The Morgan fingerprint density at radius 2 is 1.53 bits per heavy atom. The fourth-order valence-electron chi connectivity index (χ4n) is 1.14. The molecule has 0 radical (unpaired) electrons. The molecule has 1 aromatic carbocycles. The summed E-state index contributed by atoms with van der Waals surface area (Å²) in [5, 5.41) is 0. The second-order valence-electron chi connectivity index (χ2n) is 2.61. The van der Waals surface area contributed by atoms with Crippen LogP contribution in [-0.4, -0.2) is 24.4 Å². The van der Waals surface area contributed by atoms with Crippen molar-refractivity contribution in [1.29, 1.82) is 0 Å². The van der Waals surface area contributed by atoms with Gasteiger partial charge in [-0.3, -0.25) is 9.59 Å². The van der Waals surface area contributed by atoms with E-state index in [0.717, 1.165) is 0 Å². The van der Waals surface area contributed by atoms with E-state index in [1.807, 2.05) is 0 Å². The molecule has 0 spiro atoms. The minimum Gasteiger partial charge on any atom is -0.495 e. The maximum Gasteiger partial charge on any atom is 0.252 e. The van der Waals surface area contributed by atoms with E-state index in [0.29, 0.717) is 0 Å². The van der Waals surface area contributed by atoms with Crippen LogP contribution in [-0.2, 0) is 0 Å². The van der Waals surface area contributed by atoms with Gasteiger partial charge >= 0.3 is 0 Å². The topological polar surface area (TPSA) is 127 Å². The van der Waals surface area contributed by atoms with Crippen LogP contribution in [0.2, 0.25) is 0 Å². The van der Waals surface area contributed by atoms with Crippen molar-refractivity contribution in [3.63, 3.8) is 0 Å². The summed E-state index contributed by atoms with van der Waals surface area (Å²) in [6.07, 6.45) is 0. The first-order valence-corrected chi connectivity index (χ1v) is 3.84. The van der Waals surface area contributed by atoms with Crippen molar-refractivity contribution < 1.29 is 19.8 Å². The number of hydrogen-bond acceptors (Lipinski definition) is 3. The Morgan fingerprint density at radius 3 is 1.80 bits per heavy atom. The summed E-state index contributed by atoms with van der Waals surface area (Å²) in [6.45, 7) is 0. The Balaban J connectivity index is 0.00000196. The zero-order chi connectivity index (χ0) is 10.7. The molecule has 1 aromatic rings. The zero-order valence-electron chi connectivity index (χ0n) is 8.11. The molecule has 6 heteroatoms. The van der Waals surface area contributed by atoms with Crippen molar-refractivity contribution in [2.45, 2.75) is 0 Å². The number of ether oxygens (including phenoxy) is 1. The Kier molecular flexibility index (Phi) is 4.28. The zero-order valence-corrected chi connectivity index (χ0v) is 8.11. The van der Waals surface area contributed by atoms with Crippen LogP contribution in [0, 0.1) is 0 Å². The van der Waals surface area contributed by atoms with Crippen LogP contribution in [0.5, 0.6) is 5.75 Å². The van der Waals surface area contributed by atoms with Crippen molar-refractivity contribution in [1.82, 2.24) is 0 Å². The lowest BCUT2D eigenvalue weighted by molar-refractivity contribution is 0.0996. The molecule has 0 aliphatic heterocycles. The van der Waals surface area contributed by atoms with Gasteiger partial charge in [0.1, 0.15) is 5.75 Å². The molecule has 0 saturated heterocycles. The molecule has 0 saturated carbocycles. The maximum atomic E-state index is 10.9. The second kappa shape index (κ2) is 4.97. The molecule has 0 unspecified atom stereocenters. The molecular weight excluding hydrogens is 200 g/mol. The quantitative estimate of drug-likeness (QED) is 0.671. The molecular formula is C9H12N2O4. The molecule has 0 aromatic heterocycles. The van der Waals surface area contributed by atoms with E-state index in [1.54, 1.807) is 0 Å². The van der Waals surface area contributed by atoms with Crippen LogP contribution in [0.25, 0.3) is 0 Å². The van der Waals surface area contributed by atoms with E-state index in [1.165, 1.54) is 25.3 Å². The highest BCUT2D eigenvalue weighted by Gasteiger charge is 2.15. The molecule has 2 amide bonds. The SMILES string of the molecule is COc1c(C(N)=O)cccc1C(N)=O.O. The van der Waals surface area contributed by atoms with Crippen LogP contribution in [0.15, 0.2) is 18.2 Å². The van der Waals surface area contributed by atoms with Crippen molar-refractivity contribution in [2.75, 3.05) is 7.11 Å². The monoisotopic (exact) mass is 212 g/mol. The molecule has 0 atom stereocenters. The summed E-state index contributed by atoms with van der Waals surface area (Å²) in [5.41, 5.74) is 10.5. The minimum atomic E-state index is -0.662. The van der Waals surface area contributed by atoms with Crippen molar-refractivity contribution in [3.05, 3.63) is 29.3 Å². The molecule has 1 rings (SSSR count). The van der Waals surface area contributed by atoms with Crippen LogP contribution in [0.4, 0.5) is 0 Å². The second-order valence-corrected chi connectivity index (χ2v) is 2.61. The Hall–Kier alpha value is -2.08. The summed E-state index contributed by atoms with van der Waals surface area (Å²) < 4.78 is 4.90. The fraction of sp³-hybridized carbons (Fsp3) is 0.111. The van der Waals surface area contributed by atoms with Gasteiger partial charge in [-0.15, -0.1) is 0 Å². The van der Waals surface area contributed by atoms with Crippen LogP contribution in [0.1, 0.15) is 20.7 Å². The molecule has 0 heterocycles. The van der Waals surface area contributed by atoms with Gasteiger partial charge in [-0.05, 0) is 12.1 Å². The Morgan fingerprint density at radius 1 is 1.13 bits per heavy atom. The van der Waals surface area contributed by atoms with Gasteiger partial charge in [-0.1, -0.05) is 6.07 Å². The van der Waals surface area contributed by atoms with Crippen LogP contribution in [0.3, 0.4) is 0 Å². The fourth-order valence-corrected chi connectivity index (χ4v) is 1.14. The normalized spacial score (nSPS) is 8.87. The average Bonchev–Trinajstić information content (AvgIpc) is 2.16. The number of carbonyl (C=O) groups excluding carboxylic acids is 2. The number of benzene rings is 1. The van der Waals surface area contributed by atoms with Gasteiger partial charge in [0.25, 0.3) is 11.8 Å². The predicted molar refractivity (Wildman–Crippen MR) is 53.6 cm³/mol. The predicted octanol–water partition coefficient (Wildman–Crippen LogP) is -0.932. The largest absolute Gasteiger partial charge is 0.495 e. The number of methoxy groups -OCH3 is 1. The third-order valence-corrected chi connectivity index (χ3v) is 1.75. The summed E-state index contributed by atoms with van der Waals surface area (Å²) in [4.78, 5) is 21.9. The number of primary amides is 2. The highest BCUT2D eigenvalue weighted by atomic mass is 16.5. The first-order valence-electron chi connectivity index (χ1n) is 3.84. The average molecular weight is 212 g/mol. The lowest BCUT2D eigenvalue weighted by atomic mass is 10.1. The number of hydrogen-bond donors (Lipinski definition) is 2. The number of rotatable bonds is 3. The lowest BCUT2D eigenvalue weighted by Crippen LogP contribution is -2.17. The van der Waals surface area contributed by atoms with Gasteiger partial charge in [0, 0.05) is 0 Å². The number of nitrogens with two attached hydrogens (primary N) is 2.